The first kappa shape index (κ1) is 46.8. The molecule has 0 unspecified atom stereocenters. The lowest BCUT2D eigenvalue weighted by Crippen LogP contribution is -2.57. The number of nitrogens with one attached hydrogen (secondary N) is 2. The second-order valence-corrected chi connectivity index (χ2v) is 17.0. The summed E-state index contributed by atoms with van der Waals surface area (Å²) in [6.07, 6.45) is 0.541. The van der Waals surface area contributed by atoms with Crippen LogP contribution in [-0.2, 0) is 34.1 Å². The summed E-state index contributed by atoms with van der Waals surface area (Å²) in [7, 11) is 2.78. The molecular weight excluding hydrogens is 865 g/mol. The summed E-state index contributed by atoms with van der Waals surface area (Å²) in [5.74, 6) is 2.35. The number of ether oxygens (including phenoxy) is 4. The van der Waals surface area contributed by atoms with Crippen molar-refractivity contribution < 1.29 is 48.0 Å². The summed E-state index contributed by atoms with van der Waals surface area (Å²) < 4.78 is 22.9. The number of esters is 2. The Morgan fingerprint density at radius 3 is 2.13 bits per heavy atom. The summed E-state index contributed by atoms with van der Waals surface area (Å²) in [6.45, 7) is 6.92. The Bertz CT molecular complexity index is 2770. The maximum atomic E-state index is 16.5. The number of urea groups is 1. The fourth-order valence-electron chi connectivity index (χ4n) is 9.85. The van der Waals surface area contributed by atoms with Gasteiger partial charge in [0.05, 0.1) is 44.5 Å². The molecule has 0 saturated carbocycles. The van der Waals surface area contributed by atoms with Crippen LogP contribution in [-0.4, -0.2) is 85.9 Å². The van der Waals surface area contributed by atoms with E-state index in [9.17, 15) is 14.7 Å². The van der Waals surface area contributed by atoms with Gasteiger partial charge in [-0.3, -0.25) is 19.3 Å². The van der Waals surface area contributed by atoms with Crippen molar-refractivity contribution in [3.8, 4) is 23.3 Å². The highest BCUT2D eigenvalue weighted by Crippen LogP contribution is 2.66. The third-order valence-electron chi connectivity index (χ3n) is 12.7. The van der Waals surface area contributed by atoms with Crippen LogP contribution in [0.5, 0.6) is 11.5 Å². The van der Waals surface area contributed by atoms with Gasteiger partial charge in [0.2, 0.25) is 11.8 Å². The largest absolute Gasteiger partial charge is 0.497 e. The van der Waals surface area contributed by atoms with Crippen LogP contribution >= 0.6 is 0 Å². The van der Waals surface area contributed by atoms with Crippen LogP contribution in [0.2, 0.25) is 0 Å². The number of carbonyl (C=O) groups excluding carboxylic acids is 5. The zero-order valence-corrected chi connectivity index (χ0v) is 38.1. The van der Waals surface area contributed by atoms with E-state index in [0.717, 1.165) is 10.5 Å². The molecule has 0 radical (unpaired) electrons. The lowest BCUT2D eigenvalue weighted by Gasteiger charge is -2.46. The molecule has 3 N–H and O–H groups in total. The number of rotatable bonds is 13. The molecule has 4 amide bonds. The molecule has 348 valence electrons. The van der Waals surface area contributed by atoms with Gasteiger partial charge in [0.15, 0.2) is 0 Å². The molecule has 2 fully saturated rings. The van der Waals surface area contributed by atoms with Gasteiger partial charge in [-0.05, 0) is 82.8 Å². The molecule has 0 bridgehead atoms. The number of anilines is 1. The molecular formula is C54H52N4O10. The first-order valence-electron chi connectivity index (χ1n) is 22.3. The lowest BCUT2D eigenvalue weighted by molar-refractivity contribution is -0.178. The fourth-order valence-corrected chi connectivity index (χ4v) is 9.85. The molecule has 5 aromatic rings. The van der Waals surface area contributed by atoms with Gasteiger partial charge in [-0.1, -0.05) is 105 Å². The topological polar surface area (TPSA) is 173 Å². The van der Waals surface area contributed by atoms with Crippen molar-refractivity contribution >= 4 is 35.5 Å². The number of aliphatic hydroxyl groups excluding tert-OH is 1. The number of methoxy groups -OCH3 is 2. The standard InChI is InChI=1S/C54H52N4O10/c1-6-28-55-49(60)43-46-51(62)68-47(37-16-11-8-12-17-37)45(36-14-9-7-10-15-36)58(46)48(38-18-13-19-40(32-38)67-30-29-59)54(43)41-31-35(21-20-34-22-25-39(65-4)26-23-34)24-27-42(41)57(52(54)63)53(64)56-44(33(2)3)50(61)66-5/h6-19,22-27,31-33,43-48,59H,1,28-30H2,2-5H3,(H,55,60)(H,56,64)/t43-,44+,45-,46-,47+,48+,54-/m1/s1. The predicted octanol–water partition coefficient (Wildman–Crippen LogP) is 6.34. The first-order chi connectivity index (χ1) is 33.0. The minimum atomic E-state index is -2.10. The van der Waals surface area contributed by atoms with Crippen molar-refractivity contribution in [1.82, 2.24) is 15.5 Å². The minimum absolute atomic E-state index is 0.0229. The quantitative estimate of drug-likeness (QED) is 0.0684. The van der Waals surface area contributed by atoms with Crippen LogP contribution in [0.25, 0.3) is 0 Å². The molecule has 8 rings (SSSR count). The van der Waals surface area contributed by atoms with Crippen molar-refractivity contribution in [2.24, 2.45) is 11.8 Å². The van der Waals surface area contributed by atoms with Gasteiger partial charge in [-0.15, -0.1) is 6.58 Å². The highest BCUT2D eigenvalue weighted by Gasteiger charge is 2.75. The van der Waals surface area contributed by atoms with Gasteiger partial charge in [0.25, 0.3) is 0 Å². The average molecular weight is 917 g/mol. The van der Waals surface area contributed by atoms with Crippen LogP contribution < -0.4 is 25.0 Å². The van der Waals surface area contributed by atoms with E-state index in [1.807, 2.05) is 65.6 Å². The molecule has 2 saturated heterocycles. The first-order valence-corrected chi connectivity index (χ1v) is 22.3. The molecule has 0 aromatic heterocycles. The second-order valence-electron chi connectivity index (χ2n) is 17.0. The number of cyclic esters (lactones) is 1. The molecule has 5 aromatic carbocycles. The summed E-state index contributed by atoms with van der Waals surface area (Å²) in [4.78, 5) is 78.2. The van der Waals surface area contributed by atoms with Gasteiger partial charge < -0.3 is 34.7 Å². The minimum Gasteiger partial charge on any atom is -0.497 e. The SMILES string of the molecule is C=CCNC(=O)[C@H]1[C@@H]2C(=O)O[C@@H](c3ccccc3)[C@@H](c3ccccc3)N2[C@@H](c2cccc(OCCO)c2)[C@]12C(=O)N(C(=O)N[C@H](C(=O)OC)C(C)C)c1ccc(C#Cc3ccc(OC)cc3)cc12. The van der Waals surface area contributed by atoms with Gasteiger partial charge in [-0.2, -0.15) is 0 Å². The molecule has 3 heterocycles. The molecule has 68 heavy (non-hydrogen) atoms. The Morgan fingerprint density at radius 2 is 1.49 bits per heavy atom. The van der Waals surface area contributed by atoms with E-state index in [1.54, 1.807) is 87.7 Å². The normalized spacial score (nSPS) is 22.0. The van der Waals surface area contributed by atoms with Crippen molar-refractivity contribution in [2.45, 2.75) is 49.5 Å². The fraction of sp³-hybridized carbons (Fsp3) is 0.278. The van der Waals surface area contributed by atoms with Crippen LogP contribution in [0.15, 0.2) is 140 Å². The van der Waals surface area contributed by atoms with Crippen LogP contribution in [0.4, 0.5) is 10.5 Å². The Kier molecular flexibility index (Phi) is 13.8. The smallest absolute Gasteiger partial charge is 0.329 e. The maximum Gasteiger partial charge on any atom is 0.329 e. The number of morpholine rings is 1. The number of hydrogen-bond donors (Lipinski definition) is 3. The van der Waals surface area contributed by atoms with E-state index in [-0.39, 0.29) is 31.0 Å². The van der Waals surface area contributed by atoms with E-state index >= 15 is 14.4 Å². The Hall–Kier alpha value is -7.73. The highest BCUT2D eigenvalue weighted by atomic mass is 16.6. The number of imide groups is 1. The summed E-state index contributed by atoms with van der Waals surface area (Å²) >= 11 is 0. The predicted molar refractivity (Wildman–Crippen MR) is 252 cm³/mol. The Morgan fingerprint density at radius 1 is 0.824 bits per heavy atom. The average Bonchev–Trinajstić information content (AvgIpc) is 3.82. The Labute approximate surface area is 394 Å². The molecule has 14 heteroatoms. The van der Waals surface area contributed by atoms with Crippen LogP contribution in [0, 0.1) is 23.7 Å². The summed E-state index contributed by atoms with van der Waals surface area (Å²) in [5.41, 5.74) is 1.17. The lowest BCUT2D eigenvalue weighted by atomic mass is 9.65. The van der Waals surface area contributed by atoms with Gasteiger partial charge in [0, 0.05) is 17.7 Å². The number of benzene rings is 5. The van der Waals surface area contributed by atoms with E-state index in [1.165, 1.54) is 13.2 Å². The number of carbonyl (C=O) groups is 5. The van der Waals surface area contributed by atoms with Crippen LogP contribution in [0.3, 0.4) is 0 Å². The zero-order valence-electron chi connectivity index (χ0n) is 38.1. The third-order valence-corrected chi connectivity index (χ3v) is 12.7. The maximum absolute atomic E-state index is 16.5. The number of nitrogens with zero attached hydrogens (tertiary/aromatic N) is 2. The highest BCUT2D eigenvalue weighted by molar-refractivity contribution is 6.25. The molecule has 0 aliphatic carbocycles. The molecule has 14 nitrogen and oxygen atoms in total. The van der Waals surface area contributed by atoms with Gasteiger partial charge in [-0.25, -0.2) is 14.5 Å². The number of hydrogen-bond acceptors (Lipinski definition) is 11. The third kappa shape index (κ3) is 8.46. The van der Waals surface area contributed by atoms with E-state index in [0.29, 0.717) is 33.8 Å². The van der Waals surface area contributed by atoms with E-state index in [2.05, 4.69) is 29.1 Å². The molecule has 1 spiro atoms. The molecule has 3 aliphatic heterocycles. The molecule has 3 aliphatic rings. The Balaban J connectivity index is 1.46. The number of amides is 4. The number of fused-ring (bicyclic) bond motifs is 3. The van der Waals surface area contributed by atoms with E-state index < -0.39 is 77.3 Å². The van der Waals surface area contributed by atoms with E-state index in [4.69, 9.17) is 18.9 Å². The van der Waals surface area contributed by atoms with Crippen molar-refractivity contribution in [2.75, 3.05) is 38.9 Å². The monoisotopic (exact) mass is 916 g/mol. The summed E-state index contributed by atoms with van der Waals surface area (Å²) in [6, 6.07) is 32.1. The van der Waals surface area contributed by atoms with Crippen LogP contribution in [0.1, 0.15) is 65.4 Å². The molecule has 7 atom stereocenters. The van der Waals surface area contributed by atoms with Crippen molar-refractivity contribution in [1.29, 1.82) is 0 Å². The number of aliphatic hydroxyl groups is 1. The second kappa shape index (κ2) is 20.0. The zero-order chi connectivity index (χ0) is 48.1. The van der Waals surface area contributed by atoms with Crippen molar-refractivity contribution in [3.63, 3.8) is 0 Å². The van der Waals surface area contributed by atoms with Crippen molar-refractivity contribution in [3.05, 3.63) is 173 Å². The van der Waals surface area contributed by atoms with Gasteiger partial charge in [0.1, 0.15) is 41.7 Å². The summed E-state index contributed by atoms with van der Waals surface area (Å²) in [5, 5.41) is 15.4. The van der Waals surface area contributed by atoms with Gasteiger partial charge >= 0.3 is 18.0 Å².